The van der Waals surface area contributed by atoms with Gasteiger partial charge < -0.3 is 4.74 Å². The molecule has 2 aliphatic rings. The van der Waals surface area contributed by atoms with Gasteiger partial charge in [-0.15, -0.1) is 0 Å². The van der Waals surface area contributed by atoms with Crippen LogP contribution in [0.15, 0.2) is 18.2 Å². The lowest BCUT2D eigenvalue weighted by Crippen LogP contribution is -2.43. The third-order valence-electron chi connectivity index (χ3n) is 4.18. The van der Waals surface area contributed by atoms with Crippen LogP contribution in [0.3, 0.4) is 0 Å². The first-order chi connectivity index (χ1) is 8.83. The number of aryl methyl sites for hydroxylation is 1. The van der Waals surface area contributed by atoms with Crippen molar-refractivity contribution in [2.24, 2.45) is 0 Å². The van der Waals surface area contributed by atoms with Crippen LogP contribution in [-0.2, 0) is 4.74 Å². The van der Waals surface area contributed by atoms with E-state index in [0.717, 1.165) is 37.1 Å². The molecule has 0 spiro atoms. The maximum Gasteiger partial charge on any atom is 0.112 e. The summed E-state index contributed by atoms with van der Waals surface area (Å²) in [4.78, 5) is 7.22. The molecule has 0 radical (unpaired) electrons. The minimum atomic E-state index is 0.166. The molecule has 1 aliphatic heterocycles. The number of morpholine rings is 1. The van der Waals surface area contributed by atoms with Gasteiger partial charge in [0.2, 0.25) is 0 Å². The monoisotopic (exact) mass is 246 g/mol. The lowest BCUT2D eigenvalue weighted by atomic mass is 10.1. The van der Waals surface area contributed by atoms with Crippen LogP contribution in [0.25, 0.3) is 0 Å². The minimum absolute atomic E-state index is 0.166. The highest BCUT2D eigenvalue weighted by Gasteiger charge is 2.29. The Morgan fingerprint density at radius 1 is 1.28 bits per heavy atom. The van der Waals surface area contributed by atoms with Crippen molar-refractivity contribution in [3.63, 3.8) is 0 Å². The molecule has 2 fully saturated rings. The third-order valence-corrected chi connectivity index (χ3v) is 4.18. The molecule has 98 valence electrons. The summed E-state index contributed by atoms with van der Waals surface area (Å²) in [5.41, 5.74) is 2.17. The molecule has 0 bridgehead atoms. The molecule has 1 aromatic rings. The standard InChI is InChI=1S/C15H22N2O/c1-12-5-4-8-14(16-12)15-11-17(9-10-18-15)13-6-2-3-7-13/h4-5,8,13,15H,2-3,6-7,9-11H2,1H3/t15-/m1/s1. The topological polar surface area (TPSA) is 25.4 Å². The Morgan fingerprint density at radius 3 is 2.89 bits per heavy atom. The average Bonchev–Trinajstić information content (AvgIpc) is 2.93. The van der Waals surface area contributed by atoms with Crippen molar-refractivity contribution in [2.45, 2.75) is 44.8 Å². The lowest BCUT2D eigenvalue weighted by Gasteiger charge is -2.36. The van der Waals surface area contributed by atoms with Crippen molar-refractivity contribution in [2.75, 3.05) is 19.7 Å². The van der Waals surface area contributed by atoms with E-state index in [-0.39, 0.29) is 6.10 Å². The molecular weight excluding hydrogens is 224 g/mol. The maximum absolute atomic E-state index is 5.90. The number of hydrogen-bond acceptors (Lipinski definition) is 3. The minimum Gasteiger partial charge on any atom is -0.369 e. The van der Waals surface area contributed by atoms with Crippen LogP contribution in [0.5, 0.6) is 0 Å². The van der Waals surface area contributed by atoms with Crippen molar-refractivity contribution in [1.29, 1.82) is 0 Å². The molecule has 1 saturated heterocycles. The first-order valence-electron chi connectivity index (χ1n) is 7.12. The number of pyridine rings is 1. The zero-order valence-electron chi connectivity index (χ0n) is 11.1. The van der Waals surface area contributed by atoms with Crippen LogP contribution in [0.1, 0.15) is 43.2 Å². The van der Waals surface area contributed by atoms with Crippen LogP contribution in [0.4, 0.5) is 0 Å². The highest BCUT2D eigenvalue weighted by atomic mass is 16.5. The fourth-order valence-electron chi connectivity index (χ4n) is 3.19. The van der Waals surface area contributed by atoms with Gasteiger partial charge in [-0.3, -0.25) is 9.88 Å². The van der Waals surface area contributed by atoms with Gasteiger partial charge in [-0.2, -0.15) is 0 Å². The summed E-state index contributed by atoms with van der Waals surface area (Å²) in [5.74, 6) is 0. The SMILES string of the molecule is Cc1cccc([C@H]2CN(C3CCCC3)CCO2)n1. The van der Waals surface area contributed by atoms with E-state index in [1.54, 1.807) is 0 Å². The molecule has 1 saturated carbocycles. The van der Waals surface area contributed by atoms with Gasteiger partial charge in [0.1, 0.15) is 6.10 Å². The first-order valence-corrected chi connectivity index (χ1v) is 7.12. The third kappa shape index (κ3) is 2.57. The Morgan fingerprint density at radius 2 is 2.11 bits per heavy atom. The largest absolute Gasteiger partial charge is 0.369 e. The Bertz CT molecular complexity index is 401. The van der Waals surface area contributed by atoms with Gasteiger partial charge in [0.25, 0.3) is 0 Å². The van der Waals surface area contributed by atoms with Gasteiger partial charge >= 0.3 is 0 Å². The number of hydrogen-bond donors (Lipinski definition) is 0. The van der Waals surface area contributed by atoms with Gasteiger partial charge in [0, 0.05) is 24.8 Å². The molecule has 0 N–H and O–H groups in total. The van der Waals surface area contributed by atoms with Crippen molar-refractivity contribution < 1.29 is 4.74 Å². The Balaban J connectivity index is 1.69. The number of aromatic nitrogens is 1. The summed E-state index contributed by atoms with van der Waals surface area (Å²) in [6.45, 7) is 4.99. The summed E-state index contributed by atoms with van der Waals surface area (Å²) >= 11 is 0. The number of rotatable bonds is 2. The second-order valence-electron chi connectivity index (χ2n) is 5.50. The van der Waals surface area contributed by atoms with Crippen LogP contribution >= 0.6 is 0 Å². The second kappa shape index (κ2) is 5.37. The van der Waals surface area contributed by atoms with E-state index < -0.39 is 0 Å². The van der Waals surface area contributed by atoms with E-state index in [1.165, 1.54) is 25.7 Å². The molecule has 3 heteroatoms. The molecule has 18 heavy (non-hydrogen) atoms. The predicted molar refractivity (Wildman–Crippen MR) is 71.5 cm³/mol. The summed E-state index contributed by atoms with van der Waals surface area (Å²) in [6, 6.07) is 7.01. The second-order valence-corrected chi connectivity index (χ2v) is 5.50. The van der Waals surface area contributed by atoms with Gasteiger partial charge in [0.05, 0.1) is 12.3 Å². The molecule has 1 aromatic heterocycles. The molecule has 0 amide bonds. The molecular formula is C15H22N2O. The van der Waals surface area contributed by atoms with Gasteiger partial charge in [-0.05, 0) is 31.9 Å². The fraction of sp³-hybridized carbons (Fsp3) is 0.667. The van der Waals surface area contributed by atoms with E-state index in [0.29, 0.717) is 0 Å². The summed E-state index contributed by atoms with van der Waals surface area (Å²) < 4.78 is 5.90. The summed E-state index contributed by atoms with van der Waals surface area (Å²) in [7, 11) is 0. The van der Waals surface area contributed by atoms with Crippen molar-refractivity contribution >= 4 is 0 Å². The van der Waals surface area contributed by atoms with Gasteiger partial charge in [0.15, 0.2) is 0 Å². The van der Waals surface area contributed by atoms with Crippen LogP contribution in [0.2, 0.25) is 0 Å². The molecule has 3 rings (SSSR count). The van der Waals surface area contributed by atoms with Gasteiger partial charge in [-0.25, -0.2) is 0 Å². The molecule has 3 nitrogen and oxygen atoms in total. The summed E-state index contributed by atoms with van der Waals surface area (Å²) in [5, 5.41) is 0. The average molecular weight is 246 g/mol. The highest BCUT2D eigenvalue weighted by molar-refractivity contribution is 5.13. The molecule has 0 unspecified atom stereocenters. The number of ether oxygens (including phenoxy) is 1. The van der Waals surface area contributed by atoms with Crippen molar-refractivity contribution in [1.82, 2.24) is 9.88 Å². The molecule has 1 aliphatic carbocycles. The van der Waals surface area contributed by atoms with Crippen LogP contribution in [0, 0.1) is 6.92 Å². The molecule has 0 aromatic carbocycles. The van der Waals surface area contributed by atoms with Crippen molar-refractivity contribution in [3.05, 3.63) is 29.6 Å². The zero-order valence-corrected chi connectivity index (χ0v) is 11.1. The van der Waals surface area contributed by atoms with Crippen LogP contribution < -0.4 is 0 Å². The van der Waals surface area contributed by atoms with Crippen LogP contribution in [-0.4, -0.2) is 35.6 Å². The highest BCUT2D eigenvalue weighted by Crippen LogP contribution is 2.28. The molecule has 2 heterocycles. The maximum atomic E-state index is 5.90. The number of nitrogens with zero attached hydrogens (tertiary/aromatic N) is 2. The van der Waals surface area contributed by atoms with E-state index >= 15 is 0 Å². The quantitative estimate of drug-likeness (QED) is 0.802. The zero-order chi connectivity index (χ0) is 12.4. The van der Waals surface area contributed by atoms with E-state index in [4.69, 9.17) is 4.74 Å². The Labute approximate surface area is 109 Å². The Hall–Kier alpha value is -0.930. The smallest absolute Gasteiger partial charge is 0.112 e. The lowest BCUT2D eigenvalue weighted by molar-refractivity contribution is -0.0460. The predicted octanol–water partition coefficient (Wildman–Crippen LogP) is 2.71. The summed E-state index contributed by atoms with van der Waals surface area (Å²) in [6.07, 6.45) is 5.70. The van der Waals surface area contributed by atoms with Crippen molar-refractivity contribution in [3.8, 4) is 0 Å². The molecule has 1 atom stereocenters. The normalized spacial score (nSPS) is 26.6. The Kier molecular flexibility index (Phi) is 3.62. The van der Waals surface area contributed by atoms with E-state index in [9.17, 15) is 0 Å². The first kappa shape index (κ1) is 12.1. The van der Waals surface area contributed by atoms with E-state index in [2.05, 4.69) is 22.0 Å². The fourth-order valence-corrected chi connectivity index (χ4v) is 3.19. The van der Waals surface area contributed by atoms with Gasteiger partial charge in [-0.1, -0.05) is 18.9 Å². The van der Waals surface area contributed by atoms with E-state index in [1.807, 2.05) is 13.0 Å².